The third kappa shape index (κ3) is 2.49. The van der Waals surface area contributed by atoms with Crippen LogP contribution in [0.1, 0.15) is 6.42 Å². The number of aliphatic carboxylic acids is 1. The summed E-state index contributed by atoms with van der Waals surface area (Å²) in [5, 5.41) is 14.5. The van der Waals surface area contributed by atoms with Crippen LogP contribution in [0.3, 0.4) is 0 Å². The second kappa shape index (κ2) is 6.06. The maximum atomic E-state index is 13.1. The van der Waals surface area contributed by atoms with Gasteiger partial charge in [-0.2, -0.15) is 0 Å². The van der Waals surface area contributed by atoms with Crippen molar-refractivity contribution in [3.05, 3.63) is 54.1 Å². The highest BCUT2D eigenvalue weighted by Gasteiger charge is 2.51. The lowest BCUT2D eigenvalue weighted by atomic mass is 9.82. The number of hydrogen-bond acceptors (Lipinski definition) is 4. The van der Waals surface area contributed by atoms with Gasteiger partial charge in [-0.1, -0.05) is 42.5 Å². The van der Waals surface area contributed by atoms with Crippen molar-refractivity contribution in [1.82, 2.24) is 9.38 Å². The zero-order valence-electron chi connectivity index (χ0n) is 14.3. The SMILES string of the molecule is O=C(O)[C@@H]1[C@@H](C(=O)Nc2c(-c3ccccc3)nc3sccn23)[C@H]2C=C[C@H]1C2. The number of carbonyl (C=O) groups is 2. The number of amides is 1. The van der Waals surface area contributed by atoms with Crippen molar-refractivity contribution in [2.75, 3.05) is 5.32 Å². The van der Waals surface area contributed by atoms with Crippen molar-refractivity contribution >= 4 is 34.0 Å². The quantitative estimate of drug-likeness (QED) is 0.680. The molecule has 2 aliphatic rings. The first-order valence-electron chi connectivity index (χ1n) is 8.86. The third-order valence-corrected chi connectivity index (χ3v) is 6.35. The summed E-state index contributed by atoms with van der Waals surface area (Å²) in [6.45, 7) is 0. The number of hydrogen-bond donors (Lipinski definition) is 2. The number of thiazole rings is 1. The smallest absolute Gasteiger partial charge is 0.307 e. The molecule has 2 bridgehead atoms. The molecule has 4 atom stereocenters. The molecule has 136 valence electrons. The Morgan fingerprint density at radius 3 is 2.63 bits per heavy atom. The lowest BCUT2D eigenvalue weighted by Crippen LogP contribution is -2.36. The number of carboxylic acids is 1. The average Bonchev–Trinajstić information content (AvgIpc) is 3.43. The van der Waals surface area contributed by atoms with Crippen LogP contribution in [-0.2, 0) is 9.59 Å². The van der Waals surface area contributed by atoms with Gasteiger partial charge in [-0.15, -0.1) is 11.3 Å². The molecule has 2 heterocycles. The molecule has 0 saturated heterocycles. The standard InChI is InChI=1S/C20H17N3O3S/c24-18(14-12-6-7-13(10-12)15(14)19(25)26)22-17-16(11-4-2-1-3-5-11)21-20-23(17)8-9-27-20/h1-9,12-15H,10H2,(H,22,24)(H,25,26)/t12-,13-,14-,15-/m0/s1. The number of nitrogens with one attached hydrogen (secondary N) is 1. The lowest BCUT2D eigenvalue weighted by Gasteiger charge is -2.23. The Morgan fingerprint density at radius 1 is 1.15 bits per heavy atom. The van der Waals surface area contributed by atoms with E-state index < -0.39 is 17.8 Å². The third-order valence-electron chi connectivity index (χ3n) is 5.60. The van der Waals surface area contributed by atoms with Gasteiger partial charge in [-0.3, -0.25) is 14.0 Å². The van der Waals surface area contributed by atoms with Gasteiger partial charge in [0.25, 0.3) is 0 Å². The minimum absolute atomic E-state index is 0.0119. The average molecular weight is 379 g/mol. The summed E-state index contributed by atoms with van der Waals surface area (Å²) in [6.07, 6.45) is 6.53. The van der Waals surface area contributed by atoms with E-state index in [1.807, 2.05) is 58.5 Å². The van der Waals surface area contributed by atoms with Gasteiger partial charge in [-0.25, -0.2) is 4.98 Å². The van der Waals surface area contributed by atoms with Crippen LogP contribution in [0.2, 0.25) is 0 Å². The molecule has 7 heteroatoms. The number of imidazole rings is 1. The maximum Gasteiger partial charge on any atom is 0.307 e. The van der Waals surface area contributed by atoms with Crippen molar-refractivity contribution in [2.45, 2.75) is 6.42 Å². The number of allylic oxidation sites excluding steroid dienone is 2. The van der Waals surface area contributed by atoms with Crippen molar-refractivity contribution in [1.29, 1.82) is 0 Å². The highest BCUT2D eigenvalue weighted by molar-refractivity contribution is 7.15. The van der Waals surface area contributed by atoms with Crippen LogP contribution in [0.4, 0.5) is 5.82 Å². The number of carboxylic acid groups (broad SMARTS) is 1. The second-order valence-electron chi connectivity index (χ2n) is 7.06. The van der Waals surface area contributed by atoms with Gasteiger partial charge >= 0.3 is 5.97 Å². The van der Waals surface area contributed by atoms with E-state index in [0.717, 1.165) is 16.9 Å². The minimum atomic E-state index is -0.899. The van der Waals surface area contributed by atoms with Gasteiger partial charge in [0.15, 0.2) is 4.96 Å². The highest BCUT2D eigenvalue weighted by atomic mass is 32.1. The van der Waals surface area contributed by atoms with Crippen molar-refractivity contribution in [3.8, 4) is 11.3 Å². The second-order valence-corrected chi connectivity index (χ2v) is 7.93. The Kier molecular flexibility index (Phi) is 3.65. The summed E-state index contributed by atoms with van der Waals surface area (Å²) in [7, 11) is 0. The fraction of sp³-hybridized carbons (Fsp3) is 0.250. The number of nitrogens with zero attached hydrogens (tertiary/aromatic N) is 2. The van der Waals surface area contributed by atoms with Gasteiger partial charge in [0.05, 0.1) is 11.8 Å². The van der Waals surface area contributed by atoms with Gasteiger partial charge in [-0.05, 0) is 18.3 Å². The number of benzene rings is 1. The zero-order chi connectivity index (χ0) is 18.5. The number of rotatable bonds is 4. The molecular formula is C20H17N3O3S. The number of carbonyl (C=O) groups excluding carboxylic acids is 1. The molecule has 0 unspecified atom stereocenters. The first kappa shape index (κ1) is 16.3. The topological polar surface area (TPSA) is 83.7 Å². The predicted octanol–water partition coefficient (Wildman–Crippen LogP) is 3.52. The lowest BCUT2D eigenvalue weighted by molar-refractivity contribution is -0.146. The van der Waals surface area contributed by atoms with E-state index in [9.17, 15) is 14.7 Å². The largest absolute Gasteiger partial charge is 0.481 e. The Labute approximate surface area is 159 Å². The number of fused-ring (bicyclic) bond motifs is 3. The molecule has 0 radical (unpaired) electrons. The van der Waals surface area contributed by atoms with E-state index >= 15 is 0 Å². The molecule has 1 amide bonds. The van der Waals surface area contributed by atoms with E-state index in [4.69, 9.17) is 0 Å². The Hall–Kier alpha value is -2.93. The molecule has 1 aromatic carbocycles. The van der Waals surface area contributed by atoms with Gasteiger partial charge in [0, 0.05) is 17.1 Å². The van der Waals surface area contributed by atoms with Crippen molar-refractivity contribution < 1.29 is 14.7 Å². The van der Waals surface area contributed by atoms with E-state index in [1.54, 1.807) is 0 Å². The normalized spacial score (nSPS) is 25.9. The van der Waals surface area contributed by atoms with Gasteiger partial charge in [0.1, 0.15) is 11.5 Å². The molecule has 5 rings (SSSR count). The van der Waals surface area contributed by atoms with Crippen LogP contribution >= 0.6 is 11.3 Å². The van der Waals surface area contributed by atoms with Crippen LogP contribution in [0, 0.1) is 23.7 Å². The monoisotopic (exact) mass is 379 g/mol. The summed E-state index contributed by atoms with van der Waals surface area (Å²) >= 11 is 1.49. The van der Waals surface area contributed by atoms with Crippen LogP contribution in [0.25, 0.3) is 16.2 Å². The molecule has 2 aliphatic carbocycles. The molecular weight excluding hydrogens is 362 g/mol. The summed E-state index contributed by atoms with van der Waals surface area (Å²) in [5.74, 6) is -1.82. The molecule has 2 aromatic heterocycles. The molecule has 27 heavy (non-hydrogen) atoms. The van der Waals surface area contributed by atoms with Crippen LogP contribution in [0.5, 0.6) is 0 Å². The predicted molar refractivity (Wildman–Crippen MR) is 102 cm³/mol. The Morgan fingerprint density at radius 2 is 1.89 bits per heavy atom. The maximum absolute atomic E-state index is 13.1. The van der Waals surface area contributed by atoms with Crippen molar-refractivity contribution in [2.24, 2.45) is 23.7 Å². The molecule has 1 fully saturated rings. The first-order chi connectivity index (χ1) is 13.1. The van der Waals surface area contributed by atoms with E-state index in [-0.39, 0.29) is 17.7 Å². The summed E-state index contributed by atoms with van der Waals surface area (Å²) in [5.41, 5.74) is 1.60. The fourth-order valence-electron chi connectivity index (χ4n) is 4.42. The van der Waals surface area contributed by atoms with Crippen LogP contribution in [0.15, 0.2) is 54.1 Å². The summed E-state index contributed by atoms with van der Waals surface area (Å²) < 4.78 is 1.85. The molecule has 6 nitrogen and oxygen atoms in total. The first-order valence-corrected chi connectivity index (χ1v) is 9.74. The van der Waals surface area contributed by atoms with E-state index in [1.165, 1.54) is 11.3 Å². The molecule has 0 spiro atoms. The van der Waals surface area contributed by atoms with E-state index in [0.29, 0.717) is 11.5 Å². The van der Waals surface area contributed by atoms with Crippen LogP contribution in [-0.4, -0.2) is 26.4 Å². The summed E-state index contributed by atoms with van der Waals surface area (Å²) in [6, 6.07) is 9.68. The van der Waals surface area contributed by atoms with Gasteiger partial charge < -0.3 is 10.4 Å². The number of aromatic nitrogens is 2. The molecule has 0 aliphatic heterocycles. The minimum Gasteiger partial charge on any atom is -0.481 e. The Bertz CT molecular complexity index is 1070. The molecule has 3 aromatic rings. The fourth-order valence-corrected chi connectivity index (χ4v) is 5.13. The molecule has 2 N–H and O–H groups in total. The Balaban J connectivity index is 1.53. The zero-order valence-corrected chi connectivity index (χ0v) is 15.1. The van der Waals surface area contributed by atoms with Crippen molar-refractivity contribution in [3.63, 3.8) is 0 Å². The highest BCUT2D eigenvalue weighted by Crippen LogP contribution is 2.48. The van der Waals surface area contributed by atoms with Gasteiger partial charge in [0.2, 0.25) is 5.91 Å². The summed E-state index contributed by atoms with van der Waals surface area (Å²) in [4.78, 5) is 30.3. The molecule has 1 saturated carbocycles. The number of anilines is 1. The van der Waals surface area contributed by atoms with E-state index in [2.05, 4.69) is 10.3 Å². The van der Waals surface area contributed by atoms with Crippen LogP contribution < -0.4 is 5.32 Å².